The Labute approximate surface area is 85.8 Å². The van der Waals surface area contributed by atoms with Gasteiger partial charge in [-0.15, -0.1) is 0 Å². The Kier molecular flexibility index (Phi) is 2.47. The van der Waals surface area contributed by atoms with E-state index < -0.39 is 0 Å². The van der Waals surface area contributed by atoms with Crippen molar-refractivity contribution in [2.24, 2.45) is 0 Å². The molecule has 4 nitrogen and oxygen atoms in total. The quantitative estimate of drug-likeness (QED) is 0.814. The van der Waals surface area contributed by atoms with Crippen LogP contribution >= 0.6 is 11.6 Å². The smallest absolute Gasteiger partial charge is 0.138 e. The van der Waals surface area contributed by atoms with Crippen molar-refractivity contribution in [3.63, 3.8) is 0 Å². The van der Waals surface area contributed by atoms with E-state index in [9.17, 15) is 0 Å². The third-order valence-corrected chi connectivity index (χ3v) is 2.12. The third kappa shape index (κ3) is 1.62. The molecule has 2 aromatic rings. The molecule has 0 aliphatic carbocycles. The zero-order valence-corrected chi connectivity index (χ0v) is 8.02. The fourth-order valence-electron chi connectivity index (χ4n) is 1.22. The Morgan fingerprint density at radius 1 is 1.43 bits per heavy atom. The van der Waals surface area contributed by atoms with Crippen LogP contribution in [0.1, 0.15) is 5.56 Å². The molecule has 0 fully saturated rings. The Bertz CT molecular complexity index is 428. The first-order chi connectivity index (χ1) is 6.81. The molecule has 0 atom stereocenters. The Balaban J connectivity index is 2.55. The van der Waals surface area contributed by atoms with E-state index in [1.54, 1.807) is 29.2 Å². The van der Waals surface area contributed by atoms with Crippen molar-refractivity contribution in [3.05, 3.63) is 41.4 Å². The molecule has 0 saturated heterocycles. The fraction of sp³-hybridized carbons (Fsp3) is 0.111. The van der Waals surface area contributed by atoms with Crippen LogP contribution in [-0.4, -0.2) is 19.9 Å². The maximum Gasteiger partial charge on any atom is 0.138 e. The fourth-order valence-corrected chi connectivity index (χ4v) is 1.38. The first kappa shape index (κ1) is 9.18. The highest BCUT2D eigenvalue weighted by Crippen LogP contribution is 2.18. The van der Waals surface area contributed by atoms with Crippen molar-refractivity contribution in [3.8, 4) is 5.69 Å². The van der Waals surface area contributed by atoms with Gasteiger partial charge in [-0.3, -0.25) is 0 Å². The summed E-state index contributed by atoms with van der Waals surface area (Å²) in [6, 6.07) is 5.23. The van der Waals surface area contributed by atoms with E-state index in [-0.39, 0.29) is 6.61 Å². The highest BCUT2D eigenvalue weighted by atomic mass is 35.5. The SMILES string of the molecule is OCc1ccc(Cl)cc1-n1cncn1. The second kappa shape index (κ2) is 3.77. The molecule has 2 rings (SSSR count). The molecule has 1 aromatic heterocycles. The summed E-state index contributed by atoms with van der Waals surface area (Å²) in [5, 5.41) is 13.7. The number of aliphatic hydroxyl groups is 1. The minimum absolute atomic E-state index is 0.0492. The van der Waals surface area contributed by atoms with Crippen LogP contribution in [0.2, 0.25) is 5.02 Å². The molecule has 72 valence electrons. The Morgan fingerprint density at radius 2 is 2.29 bits per heavy atom. The molecule has 5 heteroatoms. The third-order valence-electron chi connectivity index (χ3n) is 1.88. The number of aliphatic hydroxyl groups excluding tert-OH is 1. The molecule has 0 amide bonds. The molecule has 1 heterocycles. The lowest BCUT2D eigenvalue weighted by atomic mass is 10.2. The molecule has 1 N–H and O–H groups in total. The van der Waals surface area contributed by atoms with Gasteiger partial charge in [0.15, 0.2) is 0 Å². The zero-order valence-electron chi connectivity index (χ0n) is 7.26. The van der Waals surface area contributed by atoms with E-state index in [0.717, 1.165) is 11.3 Å². The van der Waals surface area contributed by atoms with Gasteiger partial charge >= 0.3 is 0 Å². The lowest BCUT2D eigenvalue weighted by Gasteiger charge is -2.06. The highest BCUT2D eigenvalue weighted by molar-refractivity contribution is 6.30. The van der Waals surface area contributed by atoms with Crippen molar-refractivity contribution in [1.82, 2.24) is 14.8 Å². The monoisotopic (exact) mass is 209 g/mol. The van der Waals surface area contributed by atoms with Crippen molar-refractivity contribution < 1.29 is 5.11 Å². The lowest BCUT2D eigenvalue weighted by Crippen LogP contribution is -1.99. The normalized spacial score (nSPS) is 10.4. The van der Waals surface area contributed by atoms with Gasteiger partial charge in [-0.2, -0.15) is 5.10 Å². The minimum atomic E-state index is -0.0492. The van der Waals surface area contributed by atoms with Crippen LogP contribution < -0.4 is 0 Å². The van der Waals surface area contributed by atoms with E-state index in [1.165, 1.54) is 6.33 Å². The van der Waals surface area contributed by atoms with Crippen LogP contribution in [0.15, 0.2) is 30.9 Å². The predicted octanol–water partition coefficient (Wildman–Crippen LogP) is 1.41. The first-order valence-corrected chi connectivity index (χ1v) is 4.43. The summed E-state index contributed by atoms with van der Waals surface area (Å²) in [5.74, 6) is 0. The van der Waals surface area contributed by atoms with Gasteiger partial charge < -0.3 is 5.11 Å². The van der Waals surface area contributed by atoms with E-state index >= 15 is 0 Å². The molecule has 0 aliphatic rings. The number of hydrogen-bond donors (Lipinski definition) is 1. The summed E-state index contributed by atoms with van der Waals surface area (Å²) in [4.78, 5) is 3.83. The van der Waals surface area contributed by atoms with Crippen LogP contribution in [0.3, 0.4) is 0 Å². The first-order valence-electron chi connectivity index (χ1n) is 4.05. The number of benzene rings is 1. The van der Waals surface area contributed by atoms with E-state index in [2.05, 4.69) is 10.1 Å². The standard InChI is InChI=1S/C9H8ClN3O/c10-8-2-1-7(4-14)9(3-8)13-6-11-5-12-13/h1-3,5-6,14H,4H2. The van der Waals surface area contributed by atoms with Crippen LogP contribution in [0, 0.1) is 0 Å². The van der Waals surface area contributed by atoms with Gasteiger partial charge in [-0.1, -0.05) is 17.7 Å². The molecule has 0 saturated carbocycles. The van der Waals surface area contributed by atoms with E-state index in [1.807, 2.05) is 0 Å². The summed E-state index contributed by atoms with van der Waals surface area (Å²) in [7, 11) is 0. The number of rotatable bonds is 2. The maximum absolute atomic E-state index is 9.10. The Hall–Kier alpha value is -1.39. The number of halogens is 1. The van der Waals surface area contributed by atoms with Gasteiger partial charge in [0, 0.05) is 10.6 Å². The zero-order chi connectivity index (χ0) is 9.97. The van der Waals surface area contributed by atoms with Crippen molar-refractivity contribution in [2.75, 3.05) is 0 Å². The van der Waals surface area contributed by atoms with Crippen molar-refractivity contribution in [2.45, 2.75) is 6.61 Å². The Morgan fingerprint density at radius 3 is 2.93 bits per heavy atom. The largest absolute Gasteiger partial charge is 0.392 e. The average Bonchev–Trinajstić information content (AvgIpc) is 2.70. The molecule has 0 radical (unpaired) electrons. The van der Waals surface area contributed by atoms with Gasteiger partial charge in [0.1, 0.15) is 12.7 Å². The second-order valence-electron chi connectivity index (χ2n) is 2.77. The predicted molar refractivity (Wildman–Crippen MR) is 52.3 cm³/mol. The lowest BCUT2D eigenvalue weighted by molar-refractivity contribution is 0.281. The summed E-state index contributed by atoms with van der Waals surface area (Å²) in [6.45, 7) is -0.0492. The van der Waals surface area contributed by atoms with Gasteiger partial charge in [0.05, 0.1) is 12.3 Å². The topological polar surface area (TPSA) is 50.9 Å². The number of hydrogen-bond acceptors (Lipinski definition) is 3. The van der Waals surface area contributed by atoms with Gasteiger partial charge in [0.25, 0.3) is 0 Å². The summed E-state index contributed by atoms with van der Waals surface area (Å²) in [6.07, 6.45) is 2.99. The molecule has 14 heavy (non-hydrogen) atoms. The molecule has 0 spiro atoms. The van der Waals surface area contributed by atoms with Gasteiger partial charge in [-0.25, -0.2) is 9.67 Å². The van der Waals surface area contributed by atoms with Crippen LogP contribution in [-0.2, 0) is 6.61 Å². The molecular weight excluding hydrogens is 202 g/mol. The molecule has 0 aliphatic heterocycles. The van der Waals surface area contributed by atoms with E-state index in [0.29, 0.717) is 5.02 Å². The van der Waals surface area contributed by atoms with Crippen molar-refractivity contribution >= 4 is 11.6 Å². The second-order valence-corrected chi connectivity index (χ2v) is 3.21. The van der Waals surface area contributed by atoms with Crippen LogP contribution in [0.5, 0.6) is 0 Å². The minimum Gasteiger partial charge on any atom is -0.392 e. The van der Waals surface area contributed by atoms with Crippen LogP contribution in [0.4, 0.5) is 0 Å². The van der Waals surface area contributed by atoms with Crippen molar-refractivity contribution in [1.29, 1.82) is 0 Å². The summed E-state index contributed by atoms with van der Waals surface area (Å²) in [5.41, 5.74) is 1.51. The highest BCUT2D eigenvalue weighted by Gasteiger charge is 2.04. The molecule has 0 bridgehead atoms. The summed E-state index contributed by atoms with van der Waals surface area (Å²) >= 11 is 5.85. The van der Waals surface area contributed by atoms with Gasteiger partial charge in [-0.05, 0) is 12.1 Å². The van der Waals surface area contributed by atoms with Gasteiger partial charge in [0.2, 0.25) is 0 Å². The average molecular weight is 210 g/mol. The summed E-state index contributed by atoms with van der Waals surface area (Å²) < 4.78 is 1.57. The van der Waals surface area contributed by atoms with Crippen LogP contribution in [0.25, 0.3) is 5.69 Å². The molecular formula is C9H8ClN3O. The maximum atomic E-state index is 9.10. The molecule has 0 unspecified atom stereocenters. The van der Waals surface area contributed by atoms with E-state index in [4.69, 9.17) is 16.7 Å². The number of aromatic nitrogens is 3. The molecule has 1 aromatic carbocycles. The number of nitrogens with zero attached hydrogens (tertiary/aromatic N) is 3.